The normalized spacial score (nSPS) is 18.0. The number of aryl methyl sites for hydroxylation is 1. The molecule has 4 nitrogen and oxygen atoms in total. The Bertz CT molecular complexity index is 645. The molecule has 0 spiro atoms. The Kier molecular flexibility index (Phi) is 4.26. The quantitative estimate of drug-likeness (QED) is 0.871. The van der Waals surface area contributed by atoms with Crippen LogP contribution in [-0.2, 0) is 18.5 Å². The minimum Gasteiger partial charge on any atom is -0.334 e. The lowest BCUT2D eigenvalue weighted by Gasteiger charge is -2.37. The third-order valence-corrected chi connectivity index (χ3v) is 4.76. The summed E-state index contributed by atoms with van der Waals surface area (Å²) in [6.07, 6.45) is 5.68. The van der Waals surface area contributed by atoms with E-state index in [-0.39, 0.29) is 5.41 Å². The smallest absolute Gasteiger partial charge is 0.122 e. The monoisotopic (exact) mass is 294 g/mol. The third kappa shape index (κ3) is 2.77. The molecule has 4 heteroatoms. The molecule has 2 aromatic rings. The Morgan fingerprint density at radius 2 is 1.95 bits per heavy atom. The van der Waals surface area contributed by atoms with Crippen molar-refractivity contribution in [3.05, 3.63) is 54.1 Å². The van der Waals surface area contributed by atoms with Gasteiger partial charge in [-0.05, 0) is 25.3 Å². The highest BCUT2D eigenvalue weighted by Gasteiger charge is 2.36. The molecule has 1 aliphatic heterocycles. The van der Waals surface area contributed by atoms with Crippen LogP contribution in [0.3, 0.4) is 0 Å². The predicted molar refractivity (Wildman–Crippen MR) is 86.1 cm³/mol. The van der Waals surface area contributed by atoms with E-state index in [9.17, 15) is 5.26 Å². The van der Waals surface area contributed by atoms with Crippen molar-refractivity contribution in [1.82, 2.24) is 14.5 Å². The Morgan fingerprint density at radius 1 is 1.23 bits per heavy atom. The number of benzene rings is 1. The molecule has 1 saturated heterocycles. The number of rotatable bonds is 4. The van der Waals surface area contributed by atoms with Crippen molar-refractivity contribution in [2.75, 3.05) is 13.1 Å². The molecule has 0 amide bonds. The fourth-order valence-electron chi connectivity index (χ4n) is 3.29. The van der Waals surface area contributed by atoms with Crippen LogP contribution in [0.15, 0.2) is 42.7 Å². The first-order valence-corrected chi connectivity index (χ1v) is 7.96. The van der Waals surface area contributed by atoms with E-state index in [0.29, 0.717) is 0 Å². The van der Waals surface area contributed by atoms with E-state index < -0.39 is 0 Å². The fraction of sp³-hybridized carbons (Fsp3) is 0.444. The first-order valence-electron chi connectivity index (χ1n) is 7.96. The van der Waals surface area contributed by atoms with Gasteiger partial charge in [-0.25, -0.2) is 4.98 Å². The molecular formula is C18H22N4. The minimum atomic E-state index is -0.321. The van der Waals surface area contributed by atoms with E-state index in [4.69, 9.17) is 0 Å². The Balaban J connectivity index is 1.68. The number of likely N-dealkylation sites (tertiary alicyclic amines) is 1. The molecule has 0 N–H and O–H groups in total. The van der Waals surface area contributed by atoms with Gasteiger partial charge in [-0.15, -0.1) is 0 Å². The number of aromatic nitrogens is 2. The SMILES string of the molecule is CCn1ccnc1CN1CCC(C#N)(c2ccccc2)CC1. The molecule has 1 fully saturated rings. The lowest BCUT2D eigenvalue weighted by Crippen LogP contribution is -2.41. The number of nitrogens with zero attached hydrogens (tertiary/aromatic N) is 4. The van der Waals surface area contributed by atoms with Gasteiger partial charge in [-0.3, -0.25) is 4.90 Å². The van der Waals surface area contributed by atoms with Crippen LogP contribution >= 0.6 is 0 Å². The zero-order valence-electron chi connectivity index (χ0n) is 13.1. The topological polar surface area (TPSA) is 44.9 Å². The van der Waals surface area contributed by atoms with Crippen LogP contribution in [0.2, 0.25) is 0 Å². The zero-order valence-corrected chi connectivity index (χ0v) is 13.1. The highest BCUT2D eigenvalue weighted by atomic mass is 15.2. The molecule has 0 bridgehead atoms. The third-order valence-electron chi connectivity index (χ3n) is 4.76. The van der Waals surface area contributed by atoms with E-state index in [1.807, 2.05) is 30.6 Å². The maximum Gasteiger partial charge on any atom is 0.122 e. The van der Waals surface area contributed by atoms with Crippen molar-refractivity contribution >= 4 is 0 Å². The lowest BCUT2D eigenvalue weighted by molar-refractivity contribution is 0.173. The number of hydrogen-bond donors (Lipinski definition) is 0. The van der Waals surface area contributed by atoms with Crippen LogP contribution in [0.25, 0.3) is 0 Å². The molecule has 0 saturated carbocycles. The summed E-state index contributed by atoms with van der Waals surface area (Å²) in [7, 11) is 0. The van der Waals surface area contributed by atoms with Gasteiger partial charge < -0.3 is 4.57 Å². The Labute approximate surface area is 132 Å². The second kappa shape index (κ2) is 6.33. The average Bonchev–Trinajstić information content (AvgIpc) is 3.04. The van der Waals surface area contributed by atoms with Crippen molar-refractivity contribution in [2.45, 2.75) is 38.3 Å². The molecule has 1 aromatic heterocycles. The average molecular weight is 294 g/mol. The van der Waals surface area contributed by atoms with Crippen LogP contribution in [0.1, 0.15) is 31.2 Å². The lowest BCUT2D eigenvalue weighted by atomic mass is 9.74. The standard InChI is InChI=1S/C18H22N4/c1-2-22-13-10-20-17(22)14-21-11-8-18(15-19,9-12-21)16-6-4-3-5-7-16/h3-7,10,13H,2,8-9,11-12,14H2,1H3. The minimum absolute atomic E-state index is 0.321. The van der Waals surface area contributed by atoms with Gasteiger partial charge in [0.15, 0.2) is 0 Å². The zero-order chi connectivity index (χ0) is 15.4. The van der Waals surface area contributed by atoms with E-state index in [2.05, 4.69) is 39.6 Å². The molecule has 22 heavy (non-hydrogen) atoms. The summed E-state index contributed by atoms with van der Waals surface area (Å²) in [6.45, 7) is 5.85. The first-order chi connectivity index (χ1) is 10.8. The molecule has 0 atom stereocenters. The summed E-state index contributed by atoms with van der Waals surface area (Å²) in [6, 6.07) is 12.8. The molecule has 0 radical (unpaired) electrons. The number of nitriles is 1. The molecule has 3 rings (SSSR count). The molecule has 114 valence electrons. The summed E-state index contributed by atoms with van der Waals surface area (Å²) < 4.78 is 2.18. The van der Waals surface area contributed by atoms with E-state index in [1.54, 1.807) is 0 Å². The second-order valence-corrected chi connectivity index (χ2v) is 5.97. The van der Waals surface area contributed by atoms with Gasteiger partial charge in [0.05, 0.1) is 18.0 Å². The first kappa shape index (κ1) is 14.8. The Morgan fingerprint density at radius 3 is 2.59 bits per heavy atom. The molecule has 1 aromatic carbocycles. The van der Waals surface area contributed by atoms with Gasteiger partial charge in [-0.2, -0.15) is 5.26 Å². The van der Waals surface area contributed by atoms with Crippen LogP contribution in [0.4, 0.5) is 0 Å². The highest BCUT2D eigenvalue weighted by Crippen LogP contribution is 2.35. The van der Waals surface area contributed by atoms with Gasteiger partial charge in [0, 0.05) is 32.0 Å². The molecule has 1 aliphatic rings. The largest absolute Gasteiger partial charge is 0.334 e. The van der Waals surface area contributed by atoms with Crippen LogP contribution < -0.4 is 0 Å². The second-order valence-electron chi connectivity index (χ2n) is 5.97. The van der Waals surface area contributed by atoms with Crippen molar-refractivity contribution < 1.29 is 0 Å². The number of piperidine rings is 1. The molecule has 2 heterocycles. The van der Waals surface area contributed by atoms with Crippen molar-refractivity contribution in [2.24, 2.45) is 0 Å². The summed E-state index contributed by atoms with van der Waals surface area (Å²) in [5, 5.41) is 9.74. The van der Waals surface area contributed by atoms with Gasteiger partial charge in [0.2, 0.25) is 0 Å². The van der Waals surface area contributed by atoms with Crippen LogP contribution in [-0.4, -0.2) is 27.5 Å². The predicted octanol–water partition coefficient (Wildman–Crippen LogP) is 2.96. The van der Waals surface area contributed by atoms with Gasteiger partial charge in [-0.1, -0.05) is 30.3 Å². The molecule has 0 unspecified atom stereocenters. The van der Waals surface area contributed by atoms with Gasteiger partial charge in [0.1, 0.15) is 5.82 Å². The summed E-state index contributed by atoms with van der Waals surface area (Å²) >= 11 is 0. The maximum atomic E-state index is 9.74. The van der Waals surface area contributed by atoms with Gasteiger partial charge >= 0.3 is 0 Å². The highest BCUT2D eigenvalue weighted by molar-refractivity contribution is 5.33. The maximum absolute atomic E-state index is 9.74. The van der Waals surface area contributed by atoms with Crippen LogP contribution in [0.5, 0.6) is 0 Å². The van der Waals surface area contributed by atoms with Crippen molar-refractivity contribution in [1.29, 1.82) is 5.26 Å². The van der Waals surface area contributed by atoms with Gasteiger partial charge in [0.25, 0.3) is 0 Å². The van der Waals surface area contributed by atoms with Crippen molar-refractivity contribution in [3.63, 3.8) is 0 Å². The van der Waals surface area contributed by atoms with Crippen LogP contribution in [0, 0.1) is 11.3 Å². The summed E-state index contributed by atoms with van der Waals surface area (Å²) in [4.78, 5) is 6.86. The van der Waals surface area contributed by atoms with E-state index in [1.165, 1.54) is 0 Å². The summed E-state index contributed by atoms with van der Waals surface area (Å²) in [5.74, 6) is 1.12. The molecular weight excluding hydrogens is 272 g/mol. The summed E-state index contributed by atoms with van der Waals surface area (Å²) in [5.41, 5.74) is 0.838. The Hall–Kier alpha value is -2.12. The number of imidazole rings is 1. The van der Waals surface area contributed by atoms with E-state index in [0.717, 1.165) is 50.4 Å². The molecule has 0 aliphatic carbocycles. The number of hydrogen-bond acceptors (Lipinski definition) is 3. The van der Waals surface area contributed by atoms with Crippen molar-refractivity contribution in [3.8, 4) is 6.07 Å². The fourth-order valence-corrected chi connectivity index (χ4v) is 3.29. The van der Waals surface area contributed by atoms with E-state index >= 15 is 0 Å².